The first-order valence-corrected chi connectivity index (χ1v) is 9.82. The maximum atomic E-state index is 5.57. The van der Waals surface area contributed by atoms with Crippen LogP contribution in [-0.2, 0) is 6.54 Å². The molecule has 2 fully saturated rings. The predicted octanol–water partition coefficient (Wildman–Crippen LogP) is 4.41. The van der Waals surface area contributed by atoms with E-state index in [2.05, 4.69) is 44.7 Å². The Morgan fingerprint density at radius 2 is 2.00 bits per heavy atom. The second-order valence-corrected chi connectivity index (χ2v) is 7.83. The quantitative estimate of drug-likeness (QED) is 0.681. The summed E-state index contributed by atoms with van der Waals surface area (Å²) in [6, 6.07) is 10.6. The summed E-state index contributed by atoms with van der Waals surface area (Å²) in [7, 11) is 0. The molecule has 0 amide bonds. The van der Waals surface area contributed by atoms with Gasteiger partial charge in [0.2, 0.25) is 5.89 Å². The Kier molecular flexibility index (Phi) is 3.87. The first-order valence-electron chi connectivity index (χ1n) is 8.94. The Morgan fingerprint density at radius 3 is 2.84 bits per heavy atom. The maximum absolute atomic E-state index is 5.57. The zero-order valence-corrected chi connectivity index (χ0v) is 14.8. The van der Waals surface area contributed by atoms with Gasteiger partial charge in [-0.15, -0.1) is 11.3 Å². The third-order valence-electron chi connectivity index (χ3n) is 5.01. The molecular weight excluding hydrogens is 332 g/mol. The van der Waals surface area contributed by atoms with Crippen molar-refractivity contribution < 1.29 is 4.52 Å². The number of hydrogen-bond donors (Lipinski definition) is 0. The molecule has 1 saturated carbocycles. The lowest BCUT2D eigenvalue weighted by Gasteiger charge is -2.19. The van der Waals surface area contributed by atoms with E-state index >= 15 is 0 Å². The summed E-state index contributed by atoms with van der Waals surface area (Å²) in [4.78, 5) is 11.9. The van der Waals surface area contributed by atoms with Gasteiger partial charge >= 0.3 is 0 Å². The van der Waals surface area contributed by atoms with Crippen molar-refractivity contribution in [2.45, 2.75) is 44.2 Å². The minimum atomic E-state index is 0.240. The molecule has 2 aromatic heterocycles. The Labute approximate surface area is 150 Å². The summed E-state index contributed by atoms with van der Waals surface area (Å²) >= 11 is 1.73. The van der Waals surface area contributed by atoms with Gasteiger partial charge in [-0.25, -0.2) is 4.98 Å². The number of benzene rings is 1. The molecule has 1 aromatic carbocycles. The monoisotopic (exact) mass is 352 g/mol. The number of rotatable bonds is 5. The van der Waals surface area contributed by atoms with E-state index in [1.165, 1.54) is 24.8 Å². The summed E-state index contributed by atoms with van der Waals surface area (Å²) in [5.41, 5.74) is 2.24. The molecule has 0 radical (unpaired) electrons. The van der Waals surface area contributed by atoms with Crippen molar-refractivity contribution in [2.24, 2.45) is 0 Å². The van der Waals surface area contributed by atoms with Gasteiger partial charge in [0.05, 0.1) is 18.3 Å². The minimum absolute atomic E-state index is 0.240. The lowest BCUT2D eigenvalue weighted by molar-refractivity contribution is 0.201. The van der Waals surface area contributed by atoms with Gasteiger partial charge in [0.15, 0.2) is 5.82 Å². The van der Waals surface area contributed by atoms with Crippen molar-refractivity contribution in [2.75, 3.05) is 6.54 Å². The van der Waals surface area contributed by atoms with Crippen LogP contribution < -0.4 is 0 Å². The summed E-state index contributed by atoms with van der Waals surface area (Å²) in [5.74, 6) is 2.24. The molecule has 0 spiro atoms. The molecule has 2 aliphatic rings. The number of nitrogens with zero attached hydrogens (tertiary/aromatic N) is 4. The standard InChI is InChI=1S/C19H20N4OS/c1-2-5-13(6-3-1)15-12-25-17(20-15)11-23-10-4-7-16(23)19-21-18(22-24-19)14-8-9-14/h1-3,5-6,12,14,16H,4,7-11H2/t16-/m0/s1. The largest absolute Gasteiger partial charge is 0.338 e. The van der Waals surface area contributed by atoms with Gasteiger partial charge in [-0.05, 0) is 32.2 Å². The second kappa shape index (κ2) is 6.35. The Balaban J connectivity index is 1.32. The molecule has 3 heterocycles. The van der Waals surface area contributed by atoms with E-state index in [1.807, 2.05) is 6.07 Å². The molecule has 0 unspecified atom stereocenters. The normalized spacial score (nSPS) is 21.0. The fraction of sp³-hybridized carbons (Fsp3) is 0.421. The summed E-state index contributed by atoms with van der Waals surface area (Å²) < 4.78 is 5.57. The highest BCUT2D eigenvalue weighted by Gasteiger charge is 2.34. The van der Waals surface area contributed by atoms with Crippen molar-refractivity contribution in [1.29, 1.82) is 0 Å². The third kappa shape index (κ3) is 3.12. The second-order valence-electron chi connectivity index (χ2n) is 6.89. The molecule has 0 N–H and O–H groups in total. The molecule has 128 valence electrons. The molecule has 0 bridgehead atoms. The Morgan fingerprint density at radius 1 is 1.12 bits per heavy atom. The molecule has 1 atom stereocenters. The van der Waals surface area contributed by atoms with E-state index in [-0.39, 0.29) is 6.04 Å². The molecule has 6 heteroatoms. The molecule has 25 heavy (non-hydrogen) atoms. The molecule has 3 aromatic rings. The topological polar surface area (TPSA) is 55.1 Å². The van der Waals surface area contributed by atoms with E-state index in [4.69, 9.17) is 9.51 Å². The summed E-state index contributed by atoms with van der Waals surface area (Å²) in [6.45, 7) is 1.91. The van der Waals surface area contributed by atoms with E-state index in [0.29, 0.717) is 5.92 Å². The molecule has 5 rings (SSSR count). The van der Waals surface area contributed by atoms with Crippen LogP contribution >= 0.6 is 11.3 Å². The maximum Gasteiger partial charge on any atom is 0.244 e. The fourth-order valence-corrected chi connectivity index (χ4v) is 4.31. The number of aromatic nitrogens is 3. The van der Waals surface area contributed by atoms with Gasteiger partial charge in [0.1, 0.15) is 5.01 Å². The first kappa shape index (κ1) is 15.2. The minimum Gasteiger partial charge on any atom is -0.338 e. The lowest BCUT2D eigenvalue weighted by atomic mass is 10.2. The van der Waals surface area contributed by atoms with Gasteiger partial charge < -0.3 is 4.52 Å². The van der Waals surface area contributed by atoms with E-state index in [9.17, 15) is 0 Å². The van der Waals surface area contributed by atoms with Gasteiger partial charge in [-0.1, -0.05) is 35.5 Å². The average molecular weight is 352 g/mol. The van der Waals surface area contributed by atoms with Gasteiger partial charge in [0.25, 0.3) is 0 Å². The zero-order valence-electron chi connectivity index (χ0n) is 14.0. The van der Waals surface area contributed by atoms with Crippen LogP contribution in [0.25, 0.3) is 11.3 Å². The van der Waals surface area contributed by atoms with Crippen molar-refractivity contribution >= 4 is 11.3 Å². The number of likely N-dealkylation sites (tertiary alicyclic amines) is 1. The van der Waals surface area contributed by atoms with Crippen LogP contribution in [0.15, 0.2) is 40.2 Å². The molecular formula is C19H20N4OS. The van der Waals surface area contributed by atoms with E-state index in [1.54, 1.807) is 11.3 Å². The van der Waals surface area contributed by atoms with Crippen LogP contribution in [0, 0.1) is 0 Å². The first-order chi connectivity index (χ1) is 12.4. The van der Waals surface area contributed by atoms with Crippen LogP contribution in [0.2, 0.25) is 0 Å². The Hall–Kier alpha value is -2.05. The summed E-state index contributed by atoms with van der Waals surface area (Å²) in [5, 5.41) is 7.47. The highest BCUT2D eigenvalue weighted by atomic mass is 32.1. The number of hydrogen-bond acceptors (Lipinski definition) is 6. The van der Waals surface area contributed by atoms with Crippen molar-refractivity contribution in [3.8, 4) is 11.3 Å². The van der Waals surface area contributed by atoms with E-state index < -0.39 is 0 Å². The van der Waals surface area contributed by atoms with Gasteiger partial charge in [0, 0.05) is 16.9 Å². The average Bonchev–Trinajstić information content (AvgIpc) is 3.05. The van der Waals surface area contributed by atoms with Crippen LogP contribution in [0.5, 0.6) is 0 Å². The van der Waals surface area contributed by atoms with Crippen molar-refractivity contribution in [1.82, 2.24) is 20.0 Å². The van der Waals surface area contributed by atoms with Crippen molar-refractivity contribution in [3.63, 3.8) is 0 Å². The van der Waals surface area contributed by atoms with Crippen LogP contribution in [0.1, 0.15) is 54.4 Å². The SMILES string of the molecule is c1ccc(-c2csc(CN3CCC[C@H]3c3nc(C4CC4)no3)n2)cc1. The zero-order chi connectivity index (χ0) is 16.6. The van der Waals surface area contributed by atoms with Crippen LogP contribution in [0.3, 0.4) is 0 Å². The number of thiazole rings is 1. The van der Waals surface area contributed by atoms with Gasteiger partial charge in [-0.3, -0.25) is 4.90 Å². The predicted molar refractivity (Wildman–Crippen MR) is 96.2 cm³/mol. The smallest absolute Gasteiger partial charge is 0.244 e. The lowest BCUT2D eigenvalue weighted by Crippen LogP contribution is -2.23. The Bertz CT molecular complexity index is 855. The van der Waals surface area contributed by atoms with E-state index in [0.717, 1.165) is 41.9 Å². The highest BCUT2D eigenvalue weighted by molar-refractivity contribution is 7.09. The van der Waals surface area contributed by atoms with Crippen LogP contribution in [0.4, 0.5) is 0 Å². The third-order valence-corrected chi connectivity index (χ3v) is 5.84. The molecule has 1 aliphatic heterocycles. The molecule has 5 nitrogen and oxygen atoms in total. The van der Waals surface area contributed by atoms with Crippen molar-refractivity contribution in [3.05, 3.63) is 52.4 Å². The molecule has 1 aliphatic carbocycles. The molecule has 1 saturated heterocycles. The van der Waals surface area contributed by atoms with Gasteiger partial charge in [-0.2, -0.15) is 4.98 Å². The summed E-state index contributed by atoms with van der Waals surface area (Å²) in [6.07, 6.45) is 4.66. The fourth-order valence-electron chi connectivity index (χ4n) is 3.48. The van der Waals surface area contributed by atoms with Crippen LogP contribution in [-0.4, -0.2) is 26.6 Å². The highest BCUT2D eigenvalue weighted by Crippen LogP contribution is 2.40.